The molecule has 1 rings (SSSR count). The van der Waals surface area contributed by atoms with Crippen LogP contribution in [0.25, 0.3) is 10.4 Å². The minimum Gasteiger partial charge on any atom is -0.330 e. The Morgan fingerprint density at radius 2 is 1.90 bits per heavy atom. The summed E-state index contributed by atoms with van der Waals surface area (Å²) in [6.45, 7) is 0.962. The molecule has 0 fully saturated rings. The zero-order valence-electron chi connectivity index (χ0n) is 10.6. The van der Waals surface area contributed by atoms with Gasteiger partial charge in [-0.15, -0.1) is 0 Å². The molecule has 0 atom stereocenters. The number of nitrogens with two attached hydrogens (primary N) is 1. The summed E-state index contributed by atoms with van der Waals surface area (Å²) in [5, 5.41) is 3.38. The summed E-state index contributed by atoms with van der Waals surface area (Å²) in [6, 6.07) is 5.73. The third kappa shape index (κ3) is 6.04. The molecule has 0 radical (unpaired) electrons. The standard InChI is InChI=1S/C10H15N5O2S3/c11-5-7-18-19-8-6-13-20(16,17)10-3-1-9(2-4-10)14-15-12/h1-4,13H,5-8,11H2. The smallest absolute Gasteiger partial charge is 0.240 e. The number of azide groups is 1. The molecule has 0 amide bonds. The minimum absolute atomic E-state index is 0.147. The maximum Gasteiger partial charge on any atom is 0.240 e. The molecular formula is C10H15N5O2S3. The first-order chi connectivity index (χ1) is 9.60. The van der Waals surface area contributed by atoms with Crippen LogP contribution in [0.15, 0.2) is 34.3 Å². The molecule has 7 nitrogen and oxygen atoms in total. The van der Waals surface area contributed by atoms with Crippen LogP contribution in [0.1, 0.15) is 0 Å². The highest BCUT2D eigenvalue weighted by Crippen LogP contribution is 2.20. The van der Waals surface area contributed by atoms with Gasteiger partial charge >= 0.3 is 0 Å². The summed E-state index contributed by atoms with van der Waals surface area (Å²) in [5.41, 5.74) is 14.0. The van der Waals surface area contributed by atoms with Crippen LogP contribution < -0.4 is 10.5 Å². The van der Waals surface area contributed by atoms with E-state index in [1.807, 2.05) is 0 Å². The van der Waals surface area contributed by atoms with Crippen molar-refractivity contribution in [2.24, 2.45) is 10.8 Å². The number of nitrogens with zero attached hydrogens (tertiary/aromatic N) is 3. The molecule has 0 saturated heterocycles. The number of benzene rings is 1. The van der Waals surface area contributed by atoms with Gasteiger partial charge in [-0.25, -0.2) is 13.1 Å². The topological polar surface area (TPSA) is 121 Å². The molecule has 0 saturated carbocycles. The average Bonchev–Trinajstić information content (AvgIpc) is 2.44. The quantitative estimate of drug-likeness (QED) is 0.236. The highest BCUT2D eigenvalue weighted by atomic mass is 33.1. The van der Waals surface area contributed by atoms with E-state index in [0.717, 1.165) is 5.75 Å². The van der Waals surface area contributed by atoms with Gasteiger partial charge in [-0.3, -0.25) is 0 Å². The van der Waals surface area contributed by atoms with Crippen LogP contribution in [0.5, 0.6) is 0 Å². The maximum atomic E-state index is 11.9. The number of nitrogens with one attached hydrogen (secondary N) is 1. The number of hydrogen-bond acceptors (Lipinski definition) is 6. The molecule has 0 aliphatic rings. The Morgan fingerprint density at radius 3 is 2.50 bits per heavy atom. The molecule has 3 N–H and O–H groups in total. The SMILES string of the molecule is [N-]=[N+]=Nc1ccc(S(=O)(=O)NCCSSCCN)cc1. The molecule has 1 aromatic rings. The van der Waals surface area contributed by atoms with E-state index in [1.54, 1.807) is 21.6 Å². The second-order valence-electron chi connectivity index (χ2n) is 3.51. The van der Waals surface area contributed by atoms with E-state index in [9.17, 15) is 8.42 Å². The first-order valence-corrected chi connectivity index (χ1v) is 9.66. The van der Waals surface area contributed by atoms with Crippen molar-refractivity contribution in [1.82, 2.24) is 4.72 Å². The van der Waals surface area contributed by atoms with Crippen LogP contribution >= 0.6 is 21.6 Å². The van der Waals surface area contributed by atoms with Crippen molar-refractivity contribution in [1.29, 1.82) is 0 Å². The molecular weight excluding hydrogens is 318 g/mol. The zero-order valence-corrected chi connectivity index (χ0v) is 13.0. The van der Waals surface area contributed by atoms with Gasteiger partial charge < -0.3 is 5.73 Å². The van der Waals surface area contributed by atoms with E-state index in [0.29, 0.717) is 24.5 Å². The van der Waals surface area contributed by atoms with E-state index < -0.39 is 10.0 Å². The average molecular weight is 333 g/mol. The lowest BCUT2D eigenvalue weighted by atomic mass is 10.3. The molecule has 0 bridgehead atoms. The molecule has 0 unspecified atom stereocenters. The van der Waals surface area contributed by atoms with Gasteiger partial charge in [0.15, 0.2) is 0 Å². The number of sulfonamides is 1. The molecule has 0 heterocycles. The fraction of sp³-hybridized carbons (Fsp3) is 0.400. The number of hydrogen-bond donors (Lipinski definition) is 2. The van der Waals surface area contributed by atoms with Crippen molar-refractivity contribution >= 4 is 37.3 Å². The van der Waals surface area contributed by atoms with E-state index in [2.05, 4.69) is 14.7 Å². The zero-order chi connectivity index (χ0) is 14.8. The Bertz CT molecular complexity index is 555. The lowest BCUT2D eigenvalue weighted by Crippen LogP contribution is -2.25. The predicted molar refractivity (Wildman–Crippen MR) is 84.4 cm³/mol. The van der Waals surface area contributed by atoms with E-state index in [4.69, 9.17) is 11.3 Å². The fourth-order valence-electron chi connectivity index (χ4n) is 1.21. The van der Waals surface area contributed by atoms with Crippen molar-refractivity contribution in [2.45, 2.75) is 4.90 Å². The van der Waals surface area contributed by atoms with E-state index in [-0.39, 0.29) is 4.90 Å². The molecule has 1 aromatic carbocycles. The van der Waals surface area contributed by atoms with Gasteiger partial charge in [0.1, 0.15) is 0 Å². The van der Waals surface area contributed by atoms with Gasteiger partial charge in [-0.05, 0) is 17.7 Å². The van der Waals surface area contributed by atoms with Crippen molar-refractivity contribution in [3.8, 4) is 0 Å². The van der Waals surface area contributed by atoms with Crippen molar-refractivity contribution in [3.63, 3.8) is 0 Å². The van der Waals surface area contributed by atoms with E-state index in [1.165, 1.54) is 24.3 Å². The second kappa shape index (κ2) is 9.11. The lowest BCUT2D eigenvalue weighted by Gasteiger charge is -2.06. The number of rotatable bonds is 9. The van der Waals surface area contributed by atoms with Crippen LogP contribution in [-0.2, 0) is 10.0 Å². The summed E-state index contributed by atoms with van der Waals surface area (Å²) in [6.07, 6.45) is 0. The fourth-order valence-corrected chi connectivity index (χ4v) is 4.13. The van der Waals surface area contributed by atoms with Crippen molar-refractivity contribution in [3.05, 3.63) is 34.7 Å². The summed E-state index contributed by atoms with van der Waals surface area (Å²) in [5.74, 6) is 1.51. The maximum absolute atomic E-state index is 11.9. The van der Waals surface area contributed by atoms with Crippen LogP contribution in [0.2, 0.25) is 0 Å². The summed E-state index contributed by atoms with van der Waals surface area (Å²) in [4.78, 5) is 2.78. The summed E-state index contributed by atoms with van der Waals surface area (Å²) >= 11 is 0. The highest BCUT2D eigenvalue weighted by Gasteiger charge is 2.12. The van der Waals surface area contributed by atoms with Gasteiger partial charge in [0.2, 0.25) is 10.0 Å². The second-order valence-corrected chi connectivity index (χ2v) is 7.98. The van der Waals surface area contributed by atoms with Gasteiger partial charge in [-0.2, -0.15) is 0 Å². The monoisotopic (exact) mass is 333 g/mol. The molecule has 20 heavy (non-hydrogen) atoms. The Hall–Kier alpha value is -0.900. The Morgan fingerprint density at radius 1 is 1.25 bits per heavy atom. The molecule has 0 aromatic heterocycles. The van der Waals surface area contributed by atoms with Crippen LogP contribution in [0.4, 0.5) is 5.69 Å². The van der Waals surface area contributed by atoms with Gasteiger partial charge in [0.05, 0.1) is 4.90 Å². The Labute approximate surface area is 125 Å². The largest absolute Gasteiger partial charge is 0.330 e. The van der Waals surface area contributed by atoms with Crippen molar-refractivity contribution < 1.29 is 8.42 Å². The van der Waals surface area contributed by atoms with Crippen molar-refractivity contribution in [2.75, 3.05) is 24.6 Å². The van der Waals surface area contributed by atoms with Gasteiger partial charge in [0, 0.05) is 35.2 Å². The summed E-state index contributed by atoms with van der Waals surface area (Å²) in [7, 11) is -0.322. The van der Waals surface area contributed by atoms with Crippen LogP contribution in [0.3, 0.4) is 0 Å². The third-order valence-electron chi connectivity index (χ3n) is 2.07. The normalized spacial score (nSPS) is 11.1. The Kier molecular flexibility index (Phi) is 7.82. The Balaban J connectivity index is 2.49. The molecule has 0 aliphatic heterocycles. The lowest BCUT2D eigenvalue weighted by molar-refractivity contribution is 0.584. The first kappa shape index (κ1) is 17.2. The summed E-state index contributed by atoms with van der Waals surface area (Å²) < 4.78 is 26.4. The highest BCUT2D eigenvalue weighted by molar-refractivity contribution is 8.76. The van der Waals surface area contributed by atoms with Crippen LogP contribution in [0, 0.1) is 0 Å². The van der Waals surface area contributed by atoms with E-state index >= 15 is 0 Å². The minimum atomic E-state index is -3.52. The van der Waals surface area contributed by atoms with Crippen LogP contribution in [-0.4, -0.2) is 33.0 Å². The molecule has 10 heteroatoms. The van der Waals surface area contributed by atoms with Gasteiger partial charge in [0.25, 0.3) is 0 Å². The first-order valence-electron chi connectivity index (χ1n) is 5.69. The van der Waals surface area contributed by atoms with Gasteiger partial charge in [-0.1, -0.05) is 38.8 Å². The third-order valence-corrected chi connectivity index (χ3v) is 5.99. The predicted octanol–water partition coefficient (Wildman–Crippen LogP) is 2.25. The molecule has 0 aliphatic carbocycles. The molecule has 110 valence electrons. The molecule has 0 spiro atoms.